The minimum atomic E-state index is -4.87. The number of nitrogens with one attached hydrogen (secondary N) is 1. The van der Waals surface area contributed by atoms with Crippen molar-refractivity contribution in [2.75, 3.05) is 0 Å². The van der Waals surface area contributed by atoms with Crippen LogP contribution in [0.4, 0.5) is 13.2 Å². The Labute approximate surface area is 221 Å². The van der Waals surface area contributed by atoms with Gasteiger partial charge in [0.05, 0.1) is 17.0 Å². The van der Waals surface area contributed by atoms with Crippen LogP contribution in [-0.2, 0) is 15.6 Å². The van der Waals surface area contributed by atoms with Crippen molar-refractivity contribution in [3.05, 3.63) is 87.9 Å². The van der Waals surface area contributed by atoms with E-state index in [9.17, 15) is 26.7 Å². The fraction of sp³-hybridized carbons (Fsp3) is 0.269. The molecule has 2 heterocycles. The summed E-state index contributed by atoms with van der Waals surface area (Å²) < 4.78 is 69.7. The molecule has 2 atom stereocenters. The molecule has 1 saturated carbocycles. The molecule has 0 spiro atoms. The van der Waals surface area contributed by atoms with Crippen molar-refractivity contribution in [3.63, 3.8) is 0 Å². The van der Waals surface area contributed by atoms with Crippen molar-refractivity contribution in [1.82, 2.24) is 9.71 Å². The maximum atomic E-state index is 13.5. The lowest BCUT2D eigenvalue weighted by Crippen LogP contribution is -2.39. The van der Waals surface area contributed by atoms with Crippen LogP contribution >= 0.6 is 22.9 Å². The van der Waals surface area contributed by atoms with Crippen LogP contribution in [0.25, 0.3) is 21.3 Å². The molecule has 1 aliphatic rings. The second kappa shape index (κ2) is 9.36. The van der Waals surface area contributed by atoms with Crippen molar-refractivity contribution in [2.45, 2.75) is 42.8 Å². The molecule has 5 rings (SSSR count). The zero-order valence-corrected chi connectivity index (χ0v) is 21.8. The van der Waals surface area contributed by atoms with E-state index in [1.54, 1.807) is 36.4 Å². The van der Waals surface area contributed by atoms with E-state index >= 15 is 0 Å². The highest BCUT2D eigenvalue weighted by Gasteiger charge is 2.51. The number of aliphatic hydroxyl groups is 1. The molecule has 0 bridgehead atoms. The molecule has 1 aliphatic carbocycles. The first kappa shape index (κ1) is 26.1. The molecular formula is C26H22ClF3N2O3S2. The Balaban J connectivity index is 1.62. The average Bonchev–Trinajstić information content (AvgIpc) is 3.62. The maximum Gasteiger partial charge on any atom is 0.421 e. The monoisotopic (exact) mass is 566 g/mol. The lowest BCUT2D eigenvalue weighted by atomic mass is 9.94. The number of pyridine rings is 1. The van der Waals surface area contributed by atoms with Crippen LogP contribution in [-0.4, -0.2) is 29.9 Å². The molecule has 11 heteroatoms. The summed E-state index contributed by atoms with van der Waals surface area (Å²) in [6.45, 7) is 0.704. The van der Waals surface area contributed by atoms with Gasteiger partial charge in [0, 0.05) is 26.4 Å². The number of thiophene rings is 1. The van der Waals surface area contributed by atoms with Gasteiger partial charge in [-0.3, -0.25) is 4.98 Å². The summed E-state index contributed by atoms with van der Waals surface area (Å²) in [6.07, 6.45) is -2.43. The van der Waals surface area contributed by atoms with Gasteiger partial charge in [-0.1, -0.05) is 48.0 Å². The highest BCUT2D eigenvalue weighted by Crippen LogP contribution is 2.43. The topological polar surface area (TPSA) is 79.3 Å². The first-order chi connectivity index (χ1) is 17.4. The Morgan fingerprint density at radius 2 is 1.84 bits per heavy atom. The Hall–Kier alpha value is -2.50. The molecule has 2 aromatic carbocycles. The third-order valence-electron chi connectivity index (χ3n) is 6.46. The maximum absolute atomic E-state index is 13.5. The van der Waals surface area contributed by atoms with E-state index in [2.05, 4.69) is 9.71 Å². The lowest BCUT2D eigenvalue weighted by Gasteiger charge is -2.26. The summed E-state index contributed by atoms with van der Waals surface area (Å²) >= 11 is 7.77. The summed E-state index contributed by atoms with van der Waals surface area (Å²) in [7, 11) is -3.58. The molecule has 2 aromatic heterocycles. The standard InChI is InChI=1S/C26H22ClF3N2O3S2/c1-25(33,26(28,29)30)16-11-12-31-21(14-16)19-7-4-5-15-13-22(36-24(15)19)23(18-6-2-3-8-20(18)27)32-37(34,35)17-9-10-17/h2-8,11-14,17,23,32-33H,9-10H2,1H3/t23?,25-/m0/s1. The zero-order chi connectivity index (χ0) is 26.6. The van der Waals surface area contributed by atoms with Crippen LogP contribution in [0.2, 0.25) is 5.02 Å². The molecule has 1 fully saturated rings. The summed E-state index contributed by atoms with van der Waals surface area (Å²) in [5.74, 6) is 0. The van der Waals surface area contributed by atoms with Crippen LogP contribution < -0.4 is 4.72 Å². The van der Waals surface area contributed by atoms with E-state index in [1.807, 2.05) is 12.1 Å². The lowest BCUT2D eigenvalue weighted by molar-refractivity contribution is -0.258. The van der Waals surface area contributed by atoms with Crippen LogP contribution in [0.5, 0.6) is 0 Å². The van der Waals surface area contributed by atoms with E-state index in [0.717, 1.165) is 16.2 Å². The van der Waals surface area contributed by atoms with Gasteiger partial charge in [-0.25, -0.2) is 13.1 Å². The quantitative estimate of drug-likeness (QED) is 0.266. The molecule has 1 unspecified atom stereocenters. The predicted octanol–water partition coefficient (Wildman–Crippen LogP) is 6.56. The molecule has 0 aliphatic heterocycles. The number of halogens is 4. The van der Waals surface area contributed by atoms with Gasteiger partial charge in [0.25, 0.3) is 0 Å². The van der Waals surface area contributed by atoms with Crippen LogP contribution in [0.3, 0.4) is 0 Å². The second-order valence-corrected chi connectivity index (χ2v) is 12.7. The van der Waals surface area contributed by atoms with Crippen molar-refractivity contribution in [2.24, 2.45) is 0 Å². The summed E-state index contributed by atoms with van der Waals surface area (Å²) in [6, 6.07) is 15.8. The molecule has 0 amide bonds. The number of alkyl halides is 3. The smallest absolute Gasteiger partial charge is 0.376 e. The summed E-state index contributed by atoms with van der Waals surface area (Å²) in [5.41, 5.74) is -1.95. The van der Waals surface area contributed by atoms with Crippen molar-refractivity contribution >= 4 is 43.0 Å². The van der Waals surface area contributed by atoms with Crippen molar-refractivity contribution in [1.29, 1.82) is 0 Å². The summed E-state index contributed by atoms with van der Waals surface area (Å²) in [4.78, 5) is 4.95. The average molecular weight is 567 g/mol. The highest BCUT2D eigenvalue weighted by molar-refractivity contribution is 7.90. The van der Waals surface area contributed by atoms with E-state index in [0.29, 0.717) is 40.8 Å². The minimum Gasteiger partial charge on any atom is -0.376 e. The number of nitrogens with zero attached hydrogens (tertiary/aromatic N) is 1. The zero-order valence-electron chi connectivity index (χ0n) is 19.5. The highest BCUT2D eigenvalue weighted by atomic mass is 35.5. The predicted molar refractivity (Wildman–Crippen MR) is 139 cm³/mol. The SMILES string of the molecule is C[C@](O)(c1ccnc(-c2cccc3cc(C(NS(=O)(=O)C4CC4)c4ccccc4Cl)sc23)c1)C(F)(F)F. The molecule has 2 N–H and O–H groups in total. The van der Waals surface area contributed by atoms with E-state index in [4.69, 9.17) is 11.6 Å². The number of sulfonamides is 1. The Morgan fingerprint density at radius 1 is 1.11 bits per heavy atom. The van der Waals surface area contributed by atoms with Gasteiger partial charge in [0.1, 0.15) is 0 Å². The first-order valence-corrected chi connectivity index (χ1v) is 14.2. The molecule has 0 radical (unpaired) electrons. The summed E-state index contributed by atoms with van der Waals surface area (Å²) in [5, 5.41) is 10.9. The number of hydrogen-bond acceptors (Lipinski definition) is 5. The van der Waals surface area contributed by atoms with Crippen LogP contribution in [0.15, 0.2) is 66.9 Å². The van der Waals surface area contributed by atoms with E-state index in [1.165, 1.54) is 23.6 Å². The van der Waals surface area contributed by atoms with Crippen LogP contribution in [0.1, 0.15) is 41.8 Å². The number of hydrogen-bond donors (Lipinski definition) is 2. The third-order valence-corrected chi connectivity index (χ3v) is 9.97. The van der Waals surface area contributed by atoms with Crippen molar-refractivity contribution < 1.29 is 26.7 Å². The number of fused-ring (bicyclic) bond motifs is 1. The van der Waals surface area contributed by atoms with Gasteiger partial charge in [-0.15, -0.1) is 11.3 Å². The number of aromatic nitrogens is 1. The van der Waals surface area contributed by atoms with Gasteiger partial charge < -0.3 is 5.11 Å². The molecule has 0 saturated heterocycles. The molecular weight excluding hydrogens is 545 g/mol. The van der Waals surface area contributed by atoms with Crippen LogP contribution in [0, 0.1) is 0 Å². The van der Waals surface area contributed by atoms with Gasteiger partial charge in [0.15, 0.2) is 5.60 Å². The first-order valence-electron chi connectivity index (χ1n) is 11.4. The Morgan fingerprint density at radius 3 is 2.51 bits per heavy atom. The molecule has 37 heavy (non-hydrogen) atoms. The fourth-order valence-electron chi connectivity index (χ4n) is 4.09. The Kier molecular flexibility index (Phi) is 6.60. The molecule has 194 valence electrons. The van der Waals surface area contributed by atoms with Gasteiger partial charge in [0.2, 0.25) is 10.0 Å². The van der Waals surface area contributed by atoms with E-state index < -0.39 is 33.1 Å². The molecule has 4 aromatic rings. The normalized spacial score (nSPS) is 17.0. The molecule has 5 nitrogen and oxygen atoms in total. The van der Waals surface area contributed by atoms with E-state index in [-0.39, 0.29) is 11.3 Å². The van der Waals surface area contributed by atoms with Gasteiger partial charge >= 0.3 is 6.18 Å². The number of benzene rings is 2. The van der Waals surface area contributed by atoms with Crippen molar-refractivity contribution in [3.8, 4) is 11.3 Å². The Bertz CT molecular complexity index is 1580. The minimum absolute atomic E-state index is 0.258. The third kappa shape index (κ3) is 5.00. The largest absolute Gasteiger partial charge is 0.421 e. The number of rotatable bonds is 7. The van der Waals surface area contributed by atoms with Gasteiger partial charge in [-0.2, -0.15) is 13.2 Å². The van der Waals surface area contributed by atoms with Gasteiger partial charge in [-0.05, 0) is 60.5 Å². The second-order valence-electron chi connectivity index (χ2n) is 9.19. The fourth-order valence-corrected chi connectivity index (χ4v) is 7.20.